The van der Waals surface area contributed by atoms with Crippen LogP contribution >= 0.6 is 11.6 Å². The zero-order chi connectivity index (χ0) is 24.9. The van der Waals surface area contributed by atoms with Crippen LogP contribution in [0.15, 0.2) is 53.1 Å². The Morgan fingerprint density at radius 1 is 1.03 bits per heavy atom. The van der Waals surface area contributed by atoms with E-state index in [2.05, 4.69) is 38.7 Å². The van der Waals surface area contributed by atoms with Crippen molar-refractivity contribution in [3.8, 4) is 28.6 Å². The first kappa shape index (κ1) is 28.0. The molecule has 0 radical (unpaired) electrons. The molecule has 33 heavy (non-hydrogen) atoms. The lowest BCUT2D eigenvalue weighted by atomic mass is 10.2. The van der Waals surface area contributed by atoms with Crippen molar-refractivity contribution in [2.45, 2.75) is 53.2 Å². The predicted octanol–water partition coefficient (Wildman–Crippen LogP) is 6.44. The summed E-state index contributed by atoms with van der Waals surface area (Å²) < 4.78 is 15.6. The summed E-state index contributed by atoms with van der Waals surface area (Å²) in [6.07, 6.45) is 1.62. The Bertz CT molecular complexity index is 934. The molecule has 0 bridgehead atoms. The second kappa shape index (κ2) is 14.2. The van der Waals surface area contributed by atoms with E-state index in [4.69, 9.17) is 9.26 Å². The third-order valence-electron chi connectivity index (χ3n) is 3.82. The molecule has 1 heterocycles. The number of nitrogens with zero attached hydrogens (tertiary/aromatic N) is 2. The lowest BCUT2D eigenvalue weighted by Crippen LogP contribution is -2.17. The molecule has 0 spiro atoms. The van der Waals surface area contributed by atoms with Gasteiger partial charge in [-0.2, -0.15) is 4.98 Å². The summed E-state index contributed by atoms with van der Waals surface area (Å²) in [6, 6.07) is 15.6. The smallest absolute Gasteiger partial charge is 0.293 e. The first-order chi connectivity index (χ1) is 15.7. The highest BCUT2D eigenvalue weighted by Crippen LogP contribution is 2.25. The fourth-order valence-corrected chi connectivity index (χ4v) is 2.49. The maximum atomic E-state index is 9.60. The van der Waals surface area contributed by atoms with Gasteiger partial charge in [0.25, 0.3) is 12.4 Å². The number of hydrogen-bond donors (Lipinski definition) is 1. The third kappa shape index (κ3) is 10.4. The van der Waals surface area contributed by atoms with Gasteiger partial charge in [0, 0.05) is 29.7 Å². The van der Waals surface area contributed by atoms with E-state index in [9.17, 15) is 4.79 Å². The van der Waals surface area contributed by atoms with E-state index in [0.29, 0.717) is 18.2 Å². The molecule has 180 valence electrons. The molecule has 0 saturated carbocycles. The Morgan fingerprint density at radius 2 is 1.61 bits per heavy atom. The first-order valence-corrected chi connectivity index (χ1v) is 11.4. The average Bonchev–Trinajstić information content (AvgIpc) is 3.26. The molecule has 0 saturated heterocycles. The number of anilines is 1. The summed E-state index contributed by atoms with van der Waals surface area (Å²) in [4.78, 5) is 14.1. The predicted molar refractivity (Wildman–Crippen MR) is 134 cm³/mol. The van der Waals surface area contributed by atoms with E-state index in [1.165, 1.54) is 6.38 Å². The summed E-state index contributed by atoms with van der Waals surface area (Å²) in [5, 5.41) is 7.33. The van der Waals surface area contributed by atoms with Gasteiger partial charge in [-0.3, -0.25) is 4.79 Å². The van der Waals surface area contributed by atoms with Gasteiger partial charge in [-0.25, -0.2) is 0 Å². The van der Waals surface area contributed by atoms with E-state index >= 15 is 0 Å². The molecule has 0 aliphatic carbocycles. The highest BCUT2D eigenvalue weighted by atomic mass is 35.5. The van der Waals surface area contributed by atoms with Gasteiger partial charge in [-0.05, 0) is 90.1 Å². The van der Waals surface area contributed by atoms with Crippen LogP contribution in [0.25, 0.3) is 22.8 Å². The van der Waals surface area contributed by atoms with Crippen LogP contribution in [0.4, 0.5) is 5.69 Å². The minimum absolute atomic E-state index is 0.151. The maximum Gasteiger partial charge on any atom is 0.293 e. The van der Waals surface area contributed by atoms with Crippen molar-refractivity contribution in [1.29, 1.82) is 0 Å². The van der Waals surface area contributed by atoms with Gasteiger partial charge < -0.3 is 19.3 Å². The van der Waals surface area contributed by atoms with Crippen LogP contribution in [-0.2, 0) is 9.53 Å². The van der Waals surface area contributed by atoms with Gasteiger partial charge >= 0.3 is 0 Å². The molecule has 0 aliphatic rings. The van der Waals surface area contributed by atoms with E-state index in [1.54, 1.807) is 0 Å². The van der Waals surface area contributed by atoms with Crippen molar-refractivity contribution in [3.05, 3.63) is 48.5 Å². The van der Waals surface area contributed by atoms with Crippen molar-refractivity contribution >= 4 is 23.8 Å². The number of carbonyl (C=O) groups excluding carboxylic acids is 1. The number of benzene rings is 2. The quantitative estimate of drug-likeness (QED) is 0.311. The Kier molecular flexibility index (Phi) is 12.0. The molecular formula is C25H34ClN3O4. The number of halogens is 1. The second-order valence-electron chi connectivity index (χ2n) is 8.05. The van der Waals surface area contributed by atoms with Gasteiger partial charge in [-0.15, -0.1) is 11.6 Å². The van der Waals surface area contributed by atoms with Crippen molar-refractivity contribution in [2.24, 2.45) is 0 Å². The van der Waals surface area contributed by atoms with Crippen molar-refractivity contribution < 1.29 is 18.8 Å². The second-order valence-corrected chi connectivity index (χ2v) is 8.05. The fourth-order valence-electron chi connectivity index (χ4n) is 2.49. The van der Waals surface area contributed by atoms with E-state index in [-0.39, 0.29) is 11.7 Å². The molecule has 0 fully saturated rings. The minimum Gasteiger partial charge on any atom is -0.491 e. The monoisotopic (exact) mass is 475 g/mol. The van der Waals surface area contributed by atoms with E-state index < -0.39 is 0 Å². The molecule has 3 rings (SSSR count). The van der Waals surface area contributed by atoms with Crippen LogP contribution in [0.5, 0.6) is 5.75 Å². The topological polar surface area (TPSA) is 86.5 Å². The molecule has 0 amide bonds. The normalized spacial score (nSPS) is 10.3. The van der Waals surface area contributed by atoms with Crippen molar-refractivity contribution in [2.75, 3.05) is 18.2 Å². The Balaban J connectivity index is 0.000000520. The molecule has 8 heteroatoms. The SMILES string of the molecule is CC(C)(C)OC=O.CCNc1ccc(-c2nc(-c3ccc(OC(C)C)cc3)no2)cc1.CCl. The number of aromatic nitrogens is 2. The van der Waals surface area contributed by atoms with Crippen molar-refractivity contribution in [3.63, 3.8) is 0 Å². The van der Waals surface area contributed by atoms with Crippen LogP contribution in [0.1, 0.15) is 41.5 Å². The maximum absolute atomic E-state index is 9.60. The number of nitrogens with one attached hydrogen (secondary N) is 1. The molecule has 0 atom stereocenters. The molecule has 1 N–H and O–H groups in total. The lowest BCUT2D eigenvalue weighted by Gasteiger charge is -2.14. The van der Waals surface area contributed by atoms with Gasteiger partial charge in [-0.1, -0.05) is 5.16 Å². The van der Waals surface area contributed by atoms with Crippen LogP contribution in [0.3, 0.4) is 0 Å². The molecular weight excluding hydrogens is 442 g/mol. The number of carbonyl (C=O) groups is 1. The molecule has 0 unspecified atom stereocenters. The minimum atomic E-state index is -0.318. The highest BCUT2D eigenvalue weighted by Gasteiger charge is 2.11. The summed E-state index contributed by atoms with van der Waals surface area (Å²) in [5.41, 5.74) is 2.55. The zero-order valence-electron chi connectivity index (χ0n) is 20.4. The molecule has 0 aliphatic heterocycles. The Morgan fingerprint density at radius 3 is 2.06 bits per heavy atom. The highest BCUT2D eigenvalue weighted by molar-refractivity contribution is 6.15. The van der Waals surface area contributed by atoms with E-state index in [1.807, 2.05) is 83.1 Å². The number of alkyl halides is 1. The largest absolute Gasteiger partial charge is 0.491 e. The fraction of sp³-hybridized carbons (Fsp3) is 0.400. The molecule has 2 aromatic carbocycles. The number of hydrogen-bond acceptors (Lipinski definition) is 7. The summed E-state index contributed by atoms with van der Waals surface area (Å²) >= 11 is 4.64. The summed E-state index contributed by atoms with van der Waals surface area (Å²) in [5.74, 6) is 1.91. The lowest BCUT2D eigenvalue weighted by molar-refractivity contribution is -0.138. The molecule has 1 aromatic heterocycles. The first-order valence-electron chi connectivity index (χ1n) is 10.7. The van der Waals surface area contributed by atoms with Gasteiger partial charge in [0.05, 0.1) is 6.10 Å². The Hall–Kier alpha value is -3.06. The van der Waals surface area contributed by atoms with Gasteiger partial charge in [0.1, 0.15) is 11.4 Å². The number of ether oxygens (including phenoxy) is 2. The summed E-state index contributed by atoms with van der Waals surface area (Å²) in [7, 11) is 0. The summed E-state index contributed by atoms with van der Waals surface area (Å²) in [6.45, 7) is 12.9. The third-order valence-corrected chi connectivity index (χ3v) is 3.82. The standard InChI is InChI=1S/C19H21N3O2.C5H10O2.CH3Cl/c1-4-20-16-9-5-15(6-10-16)19-21-18(22-24-19)14-7-11-17(12-8-14)23-13(2)3;1-5(2,3)7-4-6;1-2/h5-13,20H,4H2,1-3H3;4H,1-3H3;1H3. The molecule has 3 aromatic rings. The van der Waals surface area contributed by atoms with Crippen LogP contribution in [-0.4, -0.2) is 41.2 Å². The van der Waals surface area contributed by atoms with Gasteiger partial charge in [0.15, 0.2) is 0 Å². The van der Waals surface area contributed by atoms with Crippen LogP contribution in [0, 0.1) is 0 Å². The zero-order valence-corrected chi connectivity index (χ0v) is 21.1. The molecule has 7 nitrogen and oxygen atoms in total. The van der Waals surface area contributed by atoms with Crippen LogP contribution in [0.2, 0.25) is 0 Å². The Labute approximate surface area is 201 Å². The van der Waals surface area contributed by atoms with Gasteiger partial charge in [0.2, 0.25) is 5.82 Å². The average molecular weight is 476 g/mol. The van der Waals surface area contributed by atoms with E-state index in [0.717, 1.165) is 29.1 Å². The number of rotatable bonds is 7. The van der Waals surface area contributed by atoms with Crippen molar-refractivity contribution in [1.82, 2.24) is 10.1 Å². The van der Waals surface area contributed by atoms with Crippen LogP contribution < -0.4 is 10.1 Å².